The molecule has 3 nitrogen and oxygen atoms in total. The lowest BCUT2D eigenvalue weighted by atomic mass is 10.1. The molecule has 0 aliphatic rings. The number of benzene rings is 2. The molecule has 2 aromatic carbocycles. The van der Waals surface area contributed by atoms with Crippen molar-refractivity contribution >= 4 is 55.4 Å². The summed E-state index contributed by atoms with van der Waals surface area (Å²) in [4.78, 5) is 4.31. The van der Waals surface area contributed by atoms with Crippen LogP contribution in [0.15, 0.2) is 47.1 Å². The number of nitrogens with one attached hydrogen (secondary N) is 1. The Balaban J connectivity index is 2.14. The van der Waals surface area contributed by atoms with Crippen LogP contribution in [0.4, 0.5) is 17.1 Å². The van der Waals surface area contributed by atoms with E-state index in [0.717, 1.165) is 32.3 Å². The number of fused-ring (bicyclic) bond motifs is 1. The maximum Gasteiger partial charge on any atom is 0.0641 e. The highest BCUT2D eigenvalue weighted by atomic mass is 79.9. The van der Waals surface area contributed by atoms with E-state index in [1.54, 1.807) is 6.20 Å². The van der Waals surface area contributed by atoms with Crippen molar-refractivity contribution in [2.75, 3.05) is 11.1 Å². The molecule has 0 spiro atoms. The Morgan fingerprint density at radius 1 is 1.10 bits per heavy atom. The fourth-order valence-corrected chi connectivity index (χ4v) is 2.74. The first kappa shape index (κ1) is 14.2. The highest BCUT2D eigenvalue weighted by molar-refractivity contribution is 9.10. The lowest BCUT2D eigenvalue weighted by molar-refractivity contribution is 1.22. The molecular weight excluding hydrogens is 350 g/mol. The second-order valence-electron chi connectivity index (χ2n) is 4.82. The minimum Gasteiger partial charge on any atom is -0.398 e. The van der Waals surface area contributed by atoms with Gasteiger partial charge in [-0.1, -0.05) is 27.5 Å². The van der Waals surface area contributed by atoms with Crippen LogP contribution in [-0.4, -0.2) is 4.98 Å². The van der Waals surface area contributed by atoms with Crippen LogP contribution >= 0.6 is 27.5 Å². The molecule has 0 unspecified atom stereocenters. The van der Waals surface area contributed by atoms with Gasteiger partial charge in [0.15, 0.2) is 0 Å². The van der Waals surface area contributed by atoms with Crippen molar-refractivity contribution in [1.82, 2.24) is 4.98 Å². The van der Waals surface area contributed by atoms with Gasteiger partial charge in [0.05, 0.1) is 10.7 Å². The van der Waals surface area contributed by atoms with E-state index in [-0.39, 0.29) is 0 Å². The van der Waals surface area contributed by atoms with Crippen LogP contribution in [0.2, 0.25) is 5.02 Å². The largest absolute Gasteiger partial charge is 0.398 e. The van der Waals surface area contributed by atoms with Crippen LogP contribution in [0, 0.1) is 6.92 Å². The fourth-order valence-electron chi connectivity index (χ4n) is 2.21. The summed E-state index contributed by atoms with van der Waals surface area (Å²) < 4.78 is 0.965. The molecule has 5 heteroatoms. The third kappa shape index (κ3) is 2.82. The third-order valence-electron chi connectivity index (χ3n) is 3.27. The van der Waals surface area contributed by atoms with Crippen molar-refractivity contribution in [2.45, 2.75) is 6.92 Å². The number of halogens is 2. The average molecular weight is 363 g/mol. The molecule has 0 aliphatic heterocycles. The Labute approximate surface area is 136 Å². The minimum atomic E-state index is 0.661. The molecule has 21 heavy (non-hydrogen) atoms. The zero-order valence-corrected chi connectivity index (χ0v) is 13.7. The number of aryl methyl sites for hydroxylation is 1. The van der Waals surface area contributed by atoms with Gasteiger partial charge in [-0.2, -0.15) is 0 Å². The minimum absolute atomic E-state index is 0.661. The lowest BCUT2D eigenvalue weighted by Gasteiger charge is -2.13. The fraction of sp³-hybridized carbons (Fsp3) is 0.0625. The molecule has 0 saturated heterocycles. The summed E-state index contributed by atoms with van der Waals surface area (Å²) in [5, 5.41) is 5.98. The van der Waals surface area contributed by atoms with Crippen LogP contribution in [0.3, 0.4) is 0 Å². The van der Waals surface area contributed by atoms with E-state index >= 15 is 0 Å². The van der Waals surface area contributed by atoms with Gasteiger partial charge in [-0.15, -0.1) is 0 Å². The van der Waals surface area contributed by atoms with Crippen molar-refractivity contribution < 1.29 is 0 Å². The summed E-state index contributed by atoms with van der Waals surface area (Å²) >= 11 is 9.69. The maximum atomic E-state index is 6.24. The van der Waals surface area contributed by atoms with E-state index in [1.165, 1.54) is 0 Å². The van der Waals surface area contributed by atoms with Crippen molar-refractivity contribution in [3.63, 3.8) is 0 Å². The van der Waals surface area contributed by atoms with Gasteiger partial charge >= 0.3 is 0 Å². The molecule has 0 saturated carbocycles. The highest BCUT2D eigenvalue weighted by Gasteiger charge is 2.08. The standard InChI is InChI=1S/C16H13BrClN3/c1-9-6-11-12(8-20-9)14(19)4-5-15(11)21-16-7-10(17)2-3-13(16)18/h2-8,21H,19H2,1H3. The molecule has 0 bridgehead atoms. The number of aromatic nitrogens is 1. The van der Waals surface area contributed by atoms with Crippen LogP contribution in [0.1, 0.15) is 5.69 Å². The zero-order valence-electron chi connectivity index (χ0n) is 11.3. The first-order valence-electron chi connectivity index (χ1n) is 6.41. The zero-order chi connectivity index (χ0) is 15.0. The molecule has 0 radical (unpaired) electrons. The predicted molar refractivity (Wildman–Crippen MR) is 93.3 cm³/mol. The normalized spacial score (nSPS) is 10.8. The third-order valence-corrected chi connectivity index (χ3v) is 4.09. The van der Waals surface area contributed by atoms with Crippen LogP contribution in [-0.2, 0) is 0 Å². The van der Waals surface area contributed by atoms with Gasteiger partial charge in [0.1, 0.15) is 0 Å². The van der Waals surface area contributed by atoms with Gasteiger partial charge < -0.3 is 11.1 Å². The van der Waals surface area contributed by atoms with Crippen LogP contribution in [0.5, 0.6) is 0 Å². The average Bonchev–Trinajstić information content (AvgIpc) is 2.46. The lowest BCUT2D eigenvalue weighted by Crippen LogP contribution is -1.96. The first-order chi connectivity index (χ1) is 10.0. The number of nitrogens with zero attached hydrogens (tertiary/aromatic N) is 1. The number of pyridine rings is 1. The molecule has 3 aromatic rings. The second kappa shape index (κ2) is 5.54. The summed E-state index contributed by atoms with van der Waals surface area (Å²) in [5.41, 5.74) is 9.46. The molecule has 0 amide bonds. The van der Waals surface area contributed by atoms with Crippen molar-refractivity contribution in [2.24, 2.45) is 0 Å². The van der Waals surface area contributed by atoms with Crippen molar-refractivity contribution in [3.8, 4) is 0 Å². The molecule has 3 N–H and O–H groups in total. The Bertz CT molecular complexity index is 833. The quantitative estimate of drug-likeness (QED) is 0.609. The predicted octanol–water partition coefficient (Wildman–Crippen LogP) is 5.28. The molecule has 1 heterocycles. The molecule has 0 aliphatic carbocycles. The molecular formula is C16H13BrClN3. The molecule has 0 atom stereocenters. The number of hydrogen-bond acceptors (Lipinski definition) is 3. The number of nitrogen functional groups attached to an aromatic ring is 1. The van der Waals surface area contributed by atoms with E-state index in [0.29, 0.717) is 10.7 Å². The summed E-state index contributed by atoms with van der Waals surface area (Å²) in [7, 11) is 0. The van der Waals surface area contributed by atoms with Crippen LogP contribution < -0.4 is 11.1 Å². The van der Waals surface area contributed by atoms with E-state index in [1.807, 2.05) is 43.3 Å². The van der Waals surface area contributed by atoms with Gasteiger partial charge in [-0.3, -0.25) is 4.98 Å². The smallest absolute Gasteiger partial charge is 0.0641 e. The second-order valence-corrected chi connectivity index (χ2v) is 6.15. The van der Waals surface area contributed by atoms with Gasteiger partial charge in [0.25, 0.3) is 0 Å². The number of hydrogen-bond donors (Lipinski definition) is 2. The molecule has 0 fully saturated rings. The monoisotopic (exact) mass is 361 g/mol. The SMILES string of the molecule is Cc1cc2c(Nc3cc(Br)ccc3Cl)ccc(N)c2cn1. The number of anilines is 3. The van der Waals surface area contributed by atoms with Gasteiger partial charge in [0.2, 0.25) is 0 Å². The Morgan fingerprint density at radius 3 is 2.71 bits per heavy atom. The van der Waals surface area contributed by atoms with Gasteiger partial charge in [0, 0.05) is 38.5 Å². The molecule has 3 rings (SSSR count). The number of rotatable bonds is 2. The summed E-state index contributed by atoms with van der Waals surface area (Å²) in [5.74, 6) is 0. The summed E-state index contributed by atoms with van der Waals surface area (Å²) in [6.45, 7) is 1.96. The van der Waals surface area contributed by atoms with Gasteiger partial charge in [-0.25, -0.2) is 0 Å². The van der Waals surface area contributed by atoms with Crippen molar-refractivity contribution in [3.05, 3.63) is 57.8 Å². The van der Waals surface area contributed by atoms with Crippen LogP contribution in [0.25, 0.3) is 10.8 Å². The maximum absolute atomic E-state index is 6.24. The van der Waals surface area contributed by atoms with E-state index in [2.05, 4.69) is 26.2 Å². The Hall–Kier alpha value is -1.78. The number of nitrogens with two attached hydrogens (primary N) is 1. The Morgan fingerprint density at radius 2 is 1.90 bits per heavy atom. The molecule has 1 aromatic heterocycles. The van der Waals surface area contributed by atoms with Crippen molar-refractivity contribution in [1.29, 1.82) is 0 Å². The topological polar surface area (TPSA) is 50.9 Å². The molecule has 106 valence electrons. The summed E-state index contributed by atoms with van der Waals surface area (Å²) in [6, 6.07) is 11.5. The highest BCUT2D eigenvalue weighted by Crippen LogP contribution is 2.33. The van der Waals surface area contributed by atoms with E-state index < -0.39 is 0 Å². The first-order valence-corrected chi connectivity index (χ1v) is 7.58. The Kier molecular flexibility index (Phi) is 3.74. The van der Waals surface area contributed by atoms with Gasteiger partial charge in [-0.05, 0) is 43.3 Å². The van der Waals surface area contributed by atoms with E-state index in [4.69, 9.17) is 17.3 Å². The van der Waals surface area contributed by atoms with E-state index in [9.17, 15) is 0 Å². The summed E-state index contributed by atoms with van der Waals surface area (Å²) in [6.07, 6.45) is 1.80.